The van der Waals surface area contributed by atoms with Gasteiger partial charge in [-0.25, -0.2) is 0 Å². The third-order valence-electron chi connectivity index (χ3n) is 5.84. The molecule has 0 bridgehead atoms. The van der Waals surface area contributed by atoms with E-state index in [1.165, 1.54) is 12.0 Å². The summed E-state index contributed by atoms with van der Waals surface area (Å²) in [5, 5.41) is 3.02. The monoisotopic (exact) mass is 393 g/mol. The number of carbonyl (C=O) groups excluding carboxylic acids is 1. The lowest BCUT2D eigenvalue weighted by Gasteiger charge is -2.37. The number of amides is 1. The van der Waals surface area contributed by atoms with E-state index in [0.717, 1.165) is 24.3 Å². The summed E-state index contributed by atoms with van der Waals surface area (Å²) in [5.74, 6) is 1.19. The van der Waals surface area contributed by atoms with Gasteiger partial charge in [-0.1, -0.05) is 46.8 Å². The van der Waals surface area contributed by atoms with Crippen LogP contribution in [0.15, 0.2) is 36.4 Å². The van der Waals surface area contributed by atoms with E-state index in [1.54, 1.807) is 0 Å². The molecule has 2 aromatic rings. The van der Waals surface area contributed by atoms with Gasteiger partial charge in [0.2, 0.25) is 0 Å². The molecule has 0 radical (unpaired) electrons. The molecule has 1 aliphatic heterocycles. The second-order valence-corrected chi connectivity index (χ2v) is 9.86. The normalized spacial score (nSPS) is 19.9. The molecule has 3 rings (SSSR count). The minimum atomic E-state index is -0.132. The maximum Gasteiger partial charge on any atom is 0.255 e. The summed E-state index contributed by atoms with van der Waals surface area (Å²) in [6.07, 6.45) is 1.26. The number of rotatable bonds is 3. The predicted octanol–water partition coefficient (Wildman–Crippen LogP) is 5.61. The van der Waals surface area contributed by atoms with Gasteiger partial charge in [-0.05, 0) is 66.0 Å². The summed E-state index contributed by atoms with van der Waals surface area (Å²) in [4.78, 5) is 15.3. The highest BCUT2D eigenvalue weighted by Crippen LogP contribution is 2.34. The lowest BCUT2D eigenvalue weighted by Crippen LogP contribution is -2.39. The van der Waals surface area contributed by atoms with Crippen LogP contribution in [0.3, 0.4) is 0 Å². The minimum Gasteiger partial charge on any atom is -0.397 e. The molecule has 1 fully saturated rings. The van der Waals surface area contributed by atoms with Crippen molar-refractivity contribution in [1.82, 2.24) is 0 Å². The molecule has 0 aromatic heterocycles. The second kappa shape index (κ2) is 8.10. The van der Waals surface area contributed by atoms with Crippen molar-refractivity contribution in [3.05, 3.63) is 53.1 Å². The third kappa shape index (κ3) is 4.92. The van der Waals surface area contributed by atoms with Crippen LogP contribution in [-0.4, -0.2) is 19.0 Å². The number of nitrogen functional groups attached to an aromatic ring is 1. The van der Waals surface area contributed by atoms with Crippen LogP contribution in [-0.2, 0) is 5.41 Å². The fourth-order valence-electron chi connectivity index (χ4n) is 4.34. The first-order valence-corrected chi connectivity index (χ1v) is 10.6. The molecule has 156 valence electrons. The SMILES string of the molecule is Cc1cc(N)c(NC(=O)c2ccc(C(C)(C)C)cc2)cc1N1CC(C)CC(C)C1. The molecule has 3 N–H and O–H groups in total. The number of hydrogen-bond donors (Lipinski definition) is 2. The van der Waals surface area contributed by atoms with E-state index >= 15 is 0 Å². The number of nitrogens with zero attached hydrogens (tertiary/aromatic N) is 1. The quantitative estimate of drug-likeness (QED) is 0.666. The molecular formula is C25H35N3O. The largest absolute Gasteiger partial charge is 0.397 e. The highest BCUT2D eigenvalue weighted by molar-refractivity contribution is 6.06. The first-order valence-electron chi connectivity index (χ1n) is 10.6. The number of benzene rings is 2. The lowest BCUT2D eigenvalue weighted by atomic mass is 9.87. The maximum absolute atomic E-state index is 12.8. The first-order chi connectivity index (χ1) is 13.5. The van der Waals surface area contributed by atoms with Gasteiger partial charge in [-0.3, -0.25) is 4.79 Å². The number of hydrogen-bond acceptors (Lipinski definition) is 3. The van der Waals surface area contributed by atoms with E-state index < -0.39 is 0 Å². The molecule has 0 spiro atoms. The average molecular weight is 394 g/mol. The second-order valence-electron chi connectivity index (χ2n) is 9.86. The van der Waals surface area contributed by atoms with Gasteiger partial charge < -0.3 is 16.0 Å². The molecular weight excluding hydrogens is 358 g/mol. The van der Waals surface area contributed by atoms with Crippen LogP contribution in [0.25, 0.3) is 0 Å². The van der Waals surface area contributed by atoms with Crippen molar-refractivity contribution < 1.29 is 4.79 Å². The van der Waals surface area contributed by atoms with Gasteiger partial charge >= 0.3 is 0 Å². The number of piperidine rings is 1. The van der Waals surface area contributed by atoms with Gasteiger partial charge in [0.15, 0.2) is 0 Å². The molecule has 2 atom stereocenters. The summed E-state index contributed by atoms with van der Waals surface area (Å²) in [5.41, 5.74) is 11.8. The molecule has 29 heavy (non-hydrogen) atoms. The summed E-state index contributed by atoms with van der Waals surface area (Å²) in [6, 6.07) is 11.8. The van der Waals surface area contributed by atoms with Gasteiger partial charge in [0.25, 0.3) is 5.91 Å². The topological polar surface area (TPSA) is 58.4 Å². The van der Waals surface area contributed by atoms with Crippen molar-refractivity contribution in [1.29, 1.82) is 0 Å². The van der Waals surface area contributed by atoms with Gasteiger partial charge in [0.1, 0.15) is 0 Å². The smallest absolute Gasteiger partial charge is 0.255 e. The molecule has 1 saturated heterocycles. The number of nitrogens with one attached hydrogen (secondary N) is 1. The van der Waals surface area contributed by atoms with Crippen LogP contribution in [0, 0.1) is 18.8 Å². The van der Waals surface area contributed by atoms with Crippen molar-refractivity contribution in [2.75, 3.05) is 29.0 Å². The Bertz CT molecular complexity index is 870. The average Bonchev–Trinajstić information content (AvgIpc) is 2.62. The standard InChI is InChI=1S/C25H35N3O/c1-16-11-17(2)15-28(14-16)23-13-22(21(26)12-18(23)3)27-24(29)19-7-9-20(10-8-19)25(4,5)6/h7-10,12-13,16-17H,11,14-15,26H2,1-6H3,(H,27,29). The van der Waals surface area contributed by atoms with Crippen LogP contribution < -0.4 is 16.0 Å². The van der Waals surface area contributed by atoms with Gasteiger partial charge in [0.05, 0.1) is 11.4 Å². The van der Waals surface area contributed by atoms with Crippen LogP contribution in [0.4, 0.5) is 17.1 Å². The molecule has 1 amide bonds. The zero-order valence-corrected chi connectivity index (χ0v) is 18.7. The summed E-state index contributed by atoms with van der Waals surface area (Å²) in [7, 11) is 0. The lowest BCUT2D eigenvalue weighted by molar-refractivity contribution is 0.102. The van der Waals surface area contributed by atoms with Gasteiger partial charge in [-0.2, -0.15) is 0 Å². The van der Waals surface area contributed by atoms with Gasteiger partial charge in [-0.15, -0.1) is 0 Å². The highest BCUT2D eigenvalue weighted by Gasteiger charge is 2.24. The molecule has 2 aromatic carbocycles. The molecule has 2 unspecified atom stereocenters. The fourth-order valence-corrected chi connectivity index (χ4v) is 4.34. The Morgan fingerprint density at radius 3 is 2.21 bits per heavy atom. The Balaban J connectivity index is 1.82. The first kappa shape index (κ1) is 21.2. The fraction of sp³-hybridized carbons (Fsp3) is 0.480. The van der Waals surface area contributed by atoms with E-state index in [4.69, 9.17) is 5.73 Å². The number of aryl methyl sites for hydroxylation is 1. The Morgan fingerprint density at radius 2 is 1.66 bits per heavy atom. The Labute approximate surface area is 175 Å². The summed E-state index contributed by atoms with van der Waals surface area (Å²) >= 11 is 0. The van der Waals surface area contributed by atoms with Crippen LogP contribution in [0.5, 0.6) is 0 Å². The van der Waals surface area contributed by atoms with Gasteiger partial charge in [0, 0.05) is 24.3 Å². The van der Waals surface area contributed by atoms with Crippen molar-refractivity contribution in [3.63, 3.8) is 0 Å². The Kier molecular flexibility index (Phi) is 5.92. The zero-order chi connectivity index (χ0) is 21.3. The predicted molar refractivity (Wildman–Crippen MR) is 124 cm³/mol. The molecule has 4 nitrogen and oxygen atoms in total. The minimum absolute atomic E-state index is 0.0635. The molecule has 0 saturated carbocycles. The molecule has 4 heteroatoms. The maximum atomic E-state index is 12.8. The van der Waals surface area contributed by atoms with Crippen molar-refractivity contribution in [3.8, 4) is 0 Å². The van der Waals surface area contributed by atoms with Crippen LogP contribution >= 0.6 is 0 Å². The van der Waals surface area contributed by atoms with Crippen LogP contribution in [0.1, 0.15) is 62.5 Å². The van der Waals surface area contributed by atoms with Crippen molar-refractivity contribution >= 4 is 23.0 Å². The van der Waals surface area contributed by atoms with Crippen molar-refractivity contribution in [2.45, 2.75) is 53.4 Å². The van der Waals surface area contributed by atoms with Crippen molar-refractivity contribution in [2.24, 2.45) is 11.8 Å². The molecule has 1 aliphatic rings. The summed E-state index contributed by atoms with van der Waals surface area (Å²) < 4.78 is 0. The van der Waals surface area contributed by atoms with E-state index in [-0.39, 0.29) is 11.3 Å². The molecule has 1 heterocycles. The highest BCUT2D eigenvalue weighted by atomic mass is 16.1. The Hall–Kier alpha value is -2.49. The Morgan fingerprint density at radius 1 is 1.07 bits per heavy atom. The van der Waals surface area contributed by atoms with E-state index in [1.807, 2.05) is 36.4 Å². The number of anilines is 3. The molecule has 0 aliphatic carbocycles. The number of carbonyl (C=O) groups is 1. The van der Waals surface area contributed by atoms with E-state index in [9.17, 15) is 4.79 Å². The van der Waals surface area contributed by atoms with E-state index in [2.05, 4.69) is 51.8 Å². The third-order valence-corrected chi connectivity index (χ3v) is 5.84. The zero-order valence-electron chi connectivity index (χ0n) is 18.7. The van der Waals surface area contributed by atoms with E-state index in [0.29, 0.717) is 28.8 Å². The summed E-state index contributed by atoms with van der Waals surface area (Å²) in [6.45, 7) is 15.3. The number of nitrogens with two attached hydrogens (primary N) is 1. The van der Waals surface area contributed by atoms with Crippen LogP contribution in [0.2, 0.25) is 0 Å².